The fourth-order valence-corrected chi connectivity index (χ4v) is 11.8. The summed E-state index contributed by atoms with van der Waals surface area (Å²) in [6.07, 6.45) is 9.22. The molecule has 5 fully saturated rings. The molecule has 0 amide bonds. The van der Waals surface area contributed by atoms with Crippen LogP contribution in [0.3, 0.4) is 0 Å². The number of nitro benzene ring substituents is 1. The van der Waals surface area contributed by atoms with Crippen LogP contribution in [0.4, 0.5) is 17.1 Å². The van der Waals surface area contributed by atoms with Gasteiger partial charge in [-0.3, -0.25) is 15.0 Å². The van der Waals surface area contributed by atoms with Crippen LogP contribution in [0.2, 0.25) is 0 Å². The zero-order chi connectivity index (χ0) is 43.4. The molecular weight excluding hydrogens is 809 g/mol. The average Bonchev–Trinajstić information content (AvgIpc) is 3.93. The first kappa shape index (κ1) is 42.7. The van der Waals surface area contributed by atoms with E-state index in [-0.39, 0.29) is 28.0 Å². The van der Waals surface area contributed by atoms with Gasteiger partial charge in [0.25, 0.3) is 5.69 Å². The Labute approximate surface area is 364 Å². The summed E-state index contributed by atoms with van der Waals surface area (Å²) in [5.41, 5.74) is 5.88. The third kappa shape index (κ3) is 9.08. The number of piperazine rings is 1. The van der Waals surface area contributed by atoms with E-state index in [1.165, 1.54) is 50.7 Å². The average molecular weight is 869 g/mol. The molecule has 4 aromatic rings. The van der Waals surface area contributed by atoms with Gasteiger partial charge in [-0.1, -0.05) is 31.9 Å². The summed E-state index contributed by atoms with van der Waals surface area (Å²) in [6, 6.07) is 12.7. The lowest BCUT2D eigenvalue weighted by molar-refractivity contribution is -0.384. The van der Waals surface area contributed by atoms with Crippen molar-refractivity contribution in [1.29, 1.82) is 0 Å². The zero-order valence-corrected chi connectivity index (χ0v) is 37.0. The van der Waals surface area contributed by atoms with Gasteiger partial charge in [0.15, 0.2) is 0 Å². The molecule has 62 heavy (non-hydrogen) atoms. The number of aromatic amines is 1. The molecule has 2 aromatic heterocycles. The van der Waals surface area contributed by atoms with Gasteiger partial charge in [-0.2, -0.15) is 4.72 Å². The molecule has 4 aliphatic carbocycles. The summed E-state index contributed by atoms with van der Waals surface area (Å²) in [5, 5.41) is 27.6. The smallest absolute Gasteiger partial charge is 0.293 e. The van der Waals surface area contributed by atoms with Crippen molar-refractivity contribution in [3.63, 3.8) is 0 Å². The first-order valence-electron chi connectivity index (χ1n) is 22.1. The van der Waals surface area contributed by atoms with Crippen LogP contribution < -0.4 is 19.7 Å². The minimum atomic E-state index is -4.46. The number of anilines is 2. The van der Waals surface area contributed by atoms with Gasteiger partial charge in [0.05, 0.1) is 28.7 Å². The Morgan fingerprint density at radius 3 is 2.61 bits per heavy atom. The van der Waals surface area contributed by atoms with Gasteiger partial charge in [0, 0.05) is 87.3 Å². The topological polar surface area (TPSA) is 178 Å². The predicted molar refractivity (Wildman–Crippen MR) is 239 cm³/mol. The number of pyridine rings is 1. The Morgan fingerprint density at radius 1 is 1.06 bits per heavy atom. The van der Waals surface area contributed by atoms with Crippen molar-refractivity contribution in [3.8, 4) is 11.5 Å². The number of rotatable bonds is 14. The molecule has 2 unspecified atom stereocenters. The first-order chi connectivity index (χ1) is 29.6. The van der Waals surface area contributed by atoms with Gasteiger partial charge in [-0.15, -0.1) is 0 Å². The van der Waals surface area contributed by atoms with Gasteiger partial charge in [0.2, 0.25) is 10.0 Å². The number of aliphatic hydroxyl groups is 1. The normalized spacial score (nSPS) is 26.1. The van der Waals surface area contributed by atoms with Crippen molar-refractivity contribution < 1.29 is 27.9 Å². The largest absolute Gasteiger partial charge is 0.455 e. The number of aliphatic hydroxyl groups excluding tert-OH is 1. The third-order valence-electron chi connectivity index (χ3n) is 14.1. The van der Waals surface area contributed by atoms with Crippen LogP contribution in [0.25, 0.3) is 11.0 Å². The van der Waals surface area contributed by atoms with Gasteiger partial charge in [-0.05, 0) is 105 Å². The SMILES string of the molecule is CN1CCOC(CNc2ccc(S(=O)(=O)NC(O)c3ccc(N4CCN(CC5=C([C@@H]6CC7(C)CC6C7)CC(C)(C)CC5)CC4)cc3Oc3cnc4[nH]ccc4c3)cc2[N+](=O)[O-])C1. The summed E-state index contributed by atoms with van der Waals surface area (Å²) in [5.74, 6) is 2.29. The van der Waals surface area contributed by atoms with E-state index < -0.39 is 26.9 Å². The summed E-state index contributed by atoms with van der Waals surface area (Å²) < 4.78 is 42.0. The highest BCUT2D eigenvalue weighted by molar-refractivity contribution is 7.89. The minimum Gasteiger partial charge on any atom is -0.455 e. The van der Waals surface area contributed by atoms with Crippen molar-refractivity contribution in [2.24, 2.45) is 22.7 Å². The first-order valence-corrected chi connectivity index (χ1v) is 23.5. The molecule has 4 N–H and O–H groups in total. The lowest BCUT2D eigenvalue weighted by atomic mass is 9.67. The Kier molecular flexibility index (Phi) is 11.6. The lowest BCUT2D eigenvalue weighted by Crippen LogP contribution is -2.47. The van der Waals surface area contributed by atoms with E-state index in [0.29, 0.717) is 41.9 Å². The van der Waals surface area contributed by atoms with Crippen LogP contribution >= 0.6 is 0 Å². The summed E-state index contributed by atoms with van der Waals surface area (Å²) >= 11 is 0. The van der Waals surface area contributed by atoms with Gasteiger partial charge >= 0.3 is 0 Å². The number of likely N-dealkylation sites (N-methyl/N-ethyl adjacent to an activating group) is 1. The molecule has 2 aliphatic heterocycles. The lowest BCUT2D eigenvalue weighted by Gasteiger charge is -2.41. The number of fused-ring (bicyclic) bond motifs is 2. The van der Waals surface area contributed by atoms with E-state index in [4.69, 9.17) is 9.47 Å². The van der Waals surface area contributed by atoms with Crippen LogP contribution in [-0.2, 0) is 14.8 Å². The molecule has 2 bridgehead atoms. The van der Waals surface area contributed by atoms with E-state index in [9.17, 15) is 23.6 Å². The molecule has 2 saturated heterocycles. The maximum atomic E-state index is 13.8. The Bertz CT molecular complexity index is 2460. The van der Waals surface area contributed by atoms with Crippen LogP contribution in [0.5, 0.6) is 11.5 Å². The van der Waals surface area contributed by atoms with Crippen molar-refractivity contribution in [1.82, 2.24) is 24.5 Å². The van der Waals surface area contributed by atoms with E-state index in [0.717, 1.165) is 68.2 Å². The van der Waals surface area contributed by atoms with Crippen LogP contribution in [0.1, 0.15) is 71.1 Å². The molecule has 2 aromatic carbocycles. The number of aromatic nitrogens is 2. The van der Waals surface area contributed by atoms with Crippen molar-refractivity contribution in [2.75, 3.05) is 76.2 Å². The number of ether oxygens (including phenoxy) is 2. The molecule has 3 saturated carbocycles. The highest BCUT2D eigenvalue weighted by Gasteiger charge is 2.54. The maximum Gasteiger partial charge on any atom is 0.293 e. The van der Waals surface area contributed by atoms with Crippen molar-refractivity contribution >= 4 is 38.1 Å². The van der Waals surface area contributed by atoms with E-state index in [1.807, 2.05) is 31.3 Å². The number of benzene rings is 2. The number of nitro groups is 1. The Hall–Kier alpha value is -4.58. The van der Waals surface area contributed by atoms with Crippen LogP contribution in [0, 0.1) is 32.8 Å². The standard InChI is InChI=1S/C46H60N8O7S/c1-45(2)11-9-31(38(24-45)39-25-46(3)22-32(39)23-46)28-52-13-15-53(16-14-52)33-5-7-37(42(20-33)61-34-19-30-10-12-47-43(30)49-26-34)44(55)50-62(58,59)36-6-8-40(41(21-36)54(56)57)48-27-35-29-51(4)17-18-60-35/h5-8,10,12,19-21,26,32,35,39,44,48,50,55H,9,11,13-18,22-25,27-29H2,1-4H3,(H,47,49)/t32?,35?,39-,44?,46?/m1/s1. The molecule has 0 spiro atoms. The number of nitrogens with one attached hydrogen (secondary N) is 3. The van der Waals surface area contributed by atoms with Gasteiger partial charge in [0.1, 0.15) is 29.1 Å². The van der Waals surface area contributed by atoms with Gasteiger partial charge < -0.3 is 34.7 Å². The molecular formula is C46H60N8O7S. The van der Waals surface area contributed by atoms with Crippen molar-refractivity contribution in [3.05, 3.63) is 87.7 Å². The van der Waals surface area contributed by atoms with Gasteiger partial charge in [-0.25, -0.2) is 13.4 Å². The molecule has 10 rings (SSSR count). The fraction of sp³-hybridized carbons (Fsp3) is 0.543. The predicted octanol–water partition coefficient (Wildman–Crippen LogP) is 7.04. The second-order valence-electron chi connectivity index (χ2n) is 19.5. The number of sulfonamides is 1. The zero-order valence-electron chi connectivity index (χ0n) is 36.2. The summed E-state index contributed by atoms with van der Waals surface area (Å²) in [4.78, 5) is 25.7. The molecule has 332 valence electrons. The van der Waals surface area contributed by atoms with Crippen LogP contribution in [0.15, 0.2) is 77.0 Å². The minimum absolute atomic E-state index is 0.168. The number of allylic oxidation sites excluding steroid dienone is 1. The molecule has 4 heterocycles. The number of H-pyrrole nitrogens is 1. The highest BCUT2D eigenvalue weighted by Crippen LogP contribution is 2.65. The fourth-order valence-electron chi connectivity index (χ4n) is 10.8. The molecule has 3 atom stereocenters. The molecule has 0 radical (unpaired) electrons. The second-order valence-corrected chi connectivity index (χ2v) is 21.2. The summed E-state index contributed by atoms with van der Waals surface area (Å²) in [7, 11) is -2.48. The van der Waals surface area contributed by atoms with Crippen LogP contribution in [-0.4, -0.2) is 110 Å². The van der Waals surface area contributed by atoms with E-state index in [1.54, 1.807) is 29.6 Å². The highest BCUT2D eigenvalue weighted by atomic mass is 32.2. The number of hydrogen-bond donors (Lipinski definition) is 4. The molecule has 15 nitrogen and oxygen atoms in total. The molecule has 6 aliphatic rings. The van der Waals surface area contributed by atoms with E-state index in [2.05, 4.69) is 55.5 Å². The number of nitrogens with zero attached hydrogens (tertiary/aromatic N) is 5. The quantitative estimate of drug-likeness (QED) is 0.0441. The number of hydrogen-bond acceptors (Lipinski definition) is 12. The molecule has 16 heteroatoms. The monoisotopic (exact) mass is 868 g/mol. The maximum absolute atomic E-state index is 13.8. The summed E-state index contributed by atoms with van der Waals surface area (Å²) in [6.45, 7) is 14.1. The van der Waals surface area contributed by atoms with Crippen molar-refractivity contribution in [2.45, 2.75) is 76.5 Å². The third-order valence-corrected chi connectivity index (χ3v) is 15.5. The van der Waals surface area contributed by atoms with E-state index >= 15 is 0 Å². The second kappa shape index (κ2) is 16.8. The number of morpholine rings is 1. The Balaban J connectivity index is 0.917. The Morgan fingerprint density at radius 2 is 1.87 bits per heavy atom.